The highest BCUT2D eigenvalue weighted by Gasteiger charge is 2.15. The first-order chi connectivity index (χ1) is 9.52. The van der Waals surface area contributed by atoms with Crippen LogP contribution in [0.2, 0.25) is 5.02 Å². The molecular formula is C14H12BrClN2O2. The molecule has 0 aliphatic carbocycles. The molecule has 0 aromatic heterocycles. The lowest BCUT2D eigenvalue weighted by atomic mass is 10.1. The van der Waals surface area contributed by atoms with Crippen LogP contribution >= 0.6 is 27.5 Å². The van der Waals surface area contributed by atoms with E-state index in [1.807, 2.05) is 0 Å². The zero-order valence-electron chi connectivity index (χ0n) is 10.6. The molecule has 2 aromatic carbocycles. The molecule has 20 heavy (non-hydrogen) atoms. The monoisotopic (exact) mass is 354 g/mol. The van der Waals surface area contributed by atoms with E-state index in [2.05, 4.69) is 21.2 Å². The maximum Gasteiger partial charge on any atom is 0.340 e. The lowest BCUT2D eigenvalue weighted by molar-refractivity contribution is 0.0602. The van der Waals surface area contributed by atoms with Crippen molar-refractivity contribution in [2.24, 2.45) is 0 Å². The molecule has 0 spiro atoms. The minimum Gasteiger partial charge on any atom is -0.465 e. The van der Waals surface area contributed by atoms with Gasteiger partial charge >= 0.3 is 5.97 Å². The summed E-state index contributed by atoms with van der Waals surface area (Å²) in [4.78, 5) is 11.8. The fourth-order valence-corrected chi connectivity index (χ4v) is 2.50. The molecule has 3 N–H and O–H groups in total. The molecule has 0 heterocycles. The smallest absolute Gasteiger partial charge is 0.340 e. The van der Waals surface area contributed by atoms with E-state index in [-0.39, 0.29) is 0 Å². The molecule has 0 saturated carbocycles. The predicted molar refractivity (Wildman–Crippen MR) is 84.6 cm³/mol. The number of para-hydroxylation sites is 1. The maximum absolute atomic E-state index is 11.8. The number of hydrogen-bond acceptors (Lipinski definition) is 4. The highest BCUT2D eigenvalue weighted by atomic mass is 79.9. The van der Waals surface area contributed by atoms with Crippen LogP contribution in [0.1, 0.15) is 10.4 Å². The zero-order valence-corrected chi connectivity index (χ0v) is 13.0. The molecule has 0 bridgehead atoms. The van der Waals surface area contributed by atoms with Crippen molar-refractivity contribution >= 4 is 50.6 Å². The zero-order chi connectivity index (χ0) is 14.7. The number of ether oxygens (including phenoxy) is 1. The van der Waals surface area contributed by atoms with E-state index in [9.17, 15) is 4.79 Å². The first-order valence-corrected chi connectivity index (χ1v) is 6.89. The number of nitrogens with two attached hydrogens (primary N) is 1. The first-order valence-electron chi connectivity index (χ1n) is 5.72. The summed E-state index contributed by atoms with van der Waals surface area (Å²) in [5, 5.41) is 3.73. The molecular weight excluding hydrogens is 344 g/mol. The fraction of sp³-hybridized carbons (Fsp3) is 0.0714. The minimum absolute atomic E-state index is 0.370. The van der Waals surface area contributed by atoms with Gasteiger partial charge in [0.2, 0.25) is 0 Å². The number of nitrogen functional groups attached to an aromatic ring is 1. The number of esters is 1. The number of methoxy groups -OCH3 is 1. The molecule has 0 amide bonds. The van der Waals surface area contributed by atoms with E-state index >= 15 is 0 Å². The third-order valence-corrected chi connectivity index (χ3v) is 3.58. The standard InChI is InChI=1S/C14H12BrClN2O2/c1-20-14(19)9-3-2-4-11(17)13(9)18-12-6-5-8(16)7-10(12)15/h2-7,18H,17H2,1H3. The van der Waals surface area contributed by atoms with E-state index in [0.717, 1.165) is 10.2 Å². The first kappa shape index (κ1) is 14.7. The number of hydrogen-bond donors (Lipinski definition) is 2. The Morgan fingerprint density at radius 1 is 1.35 bits per heavy atom. The Morgan fingerprint density at radius 3 is 2.75 bits per heavy atom. The van der Waals surface area contributed by atoms with Crippen molar-refractivity contribution in [2.45, 2.75) is 0 Å². The fourth-order valence-electron chi connectivity index (χ4n) is 1.72. The number of benzene rings is 2. The van der Waals surface area contributed by atoms with E-state index in [4.69, 9.17) is 22.1 Å². The van der Waals surface area contributed by atoms with Crippen molar-refractivity contribution in [2.75, 3.05) is 18.2 Å². The third-order valence-electron chi connectivity index (χ3n) is 2.69. The SMILES string of the molecule is COC(=O)c1cccc(N)c1Nc1ccc(Cl)cc1Br. The Morgan fingerprint density at radius 2 is 2.10 bits per heavy atom. The third kappa shape index (κ3) is 3.05. The van der Waals surface area contributed by atoms with Gasteiger partial charge in [-0.25, -0.2) is 4.79 Å². The molecule has 4 nitrogen and oxygen atoms in total. The van der Waals surface area contributed by atoms with Crippen molar-refractivity contribution in [1.29, 1.82) is 0 Å². The van der Waals surface area contributed by atoms with Crippen molar-refractivity contribution in [3.63, 3.8) is 0 Å². The largest absolute Gasteiger partial charge is 0.465 e. The average Bonchev–Trinajstić information content (AvgIpc) is 2.42. The van der Waals surface area contributed by atoms with Crippen LogP contribution in [0.3, 0.4) is 0 Å². The predicted octanol–water partition coefficient (Wildman–Crippen LogP) is 4.21. The molecule has 0 radical (unpaired) electrons. The molecule has 6 heteroatoms. The van der Waals surface area contributed by atoms with Crippen molar-refractivity contribution in [1.82, 2.24) is 0 Å². The van der Waals surface area contributed by atoms with Gasteiger partial charge in [0, 0.05) is 9.50 Å². The molecule has 104 valence electrons. The summed E-state index contributed by atoms with van der Waals surface area (Å²) in [6.45, 7) is 0. The van der Waals surface area contributed by atoms with Gasteiger partial charge in [-0.05, 0) is 46.3 Å². The van der Waals surface area contributed by atoms with Crippen LogP contribution in [0.25, 0.3) is 0 Å². The minimum atomic E-state index is -0.454. The van der Waals surface area contributed by atoms with Gasteiger partial charge in [-0.2, -0.15) is 0 Å². The topological polar surface area (TPSA) is 64.3 Å². The summed E-state index contributed by atoms with van der Waals surface area (Å²) in [6, 6.07) is 10.3. The molecule has 2 rings (SSSR count). The van der Waals surface area contributed by atoms with E-state index in [1.165, 1.54) is 7.11 Å². The van der Waals surface area contributed by atoms with Gasteiger partial charge in [0.25, 0.3) is 0 Å². The van der Waals surface area contributed by atoms with Gasteiger partial charge in [0.1, 0.15) is 0 Å². The van der Waals surface area contributed by atoms with E-state index in [1.54, 1.807) is 36.4 Å². The van der Waals surface area contributed by atoms with Crippen molar-refractivity contribution < 1.29 is 9.53 Å². The molecule has 0 fully saturated rings. The van der Waals surface area contributed by atoms with Gasteiger partial charge in [-0.3, -0.25) is 0 Å². The highest BCUT2D eigenvalue weighted by Crippen LogP contribution is 2.33. The highest BCUT2D eigenvalue weighted by molar-refractivity contribution is 9.10. The molecule has 0 unspecified atom stereocenters. The van der Waals surface area contributed by atoms with Crippen LogP contribution in [-0.2, 0) is 4.74 Å². The lowest BCUT2D eigenvalue weighted by Gasteiger charge is -2.14. The number of halogens is 2. The Hall–Kier alpha value is -1.72. The molecule has 0 aliphatic heterocycles. The van der Waals surface area contributed by atoms with Crippen LogP contribution < -0.4 is 11.1 Å². The van der Waals surface area contributed by atoms with Crippen molar-refractivity contribution in [3.8, 4) is 0 Å². The summed E-state index contributed by atoms with van der Waals surface area (Å²) in [7, 11) is 1.33. The summed E-state index contributed by atoms with van der Waals surface area (Å²) in [5.74, 6) is -0.454. The Labute approximate surface area is 130 Å². The van der Waals surface area contributed by atoms with E-state index < -0.39 is 5.97 Å². The maximum atomic E-state index is 11.8. The second-order valence-electron chi connectivity index (χ2n) is 4.01. The second-order valence-corrected chi connectivity index (χ2v) is 5.30. The molecule has 0 aliphatic rings. The van der Waals surface area contributed by atoms with Gasteiger partial charge in [-0.1, -0.05) is 17.7 Å². The molecule has 2 aromatic rings. The van der Waals surface area contributed by atoms with Crippen LogP contribution in [0.5, 0.6) is 0 Å². The molecule has 0 atom stereocenters. The lowest BCUT2D eigenvalue weighted by Crippen LogP contribution is -2.08. The summed E-state index contributed by atoms with van der Waals surface area (Å²) >= 11 is 9.30. The second kappa shape index (κ2) is 6.15. The van der Waals surface area contributed by atoms with Gasteiger partial charge < -0.3 is 15.8 Å². The number of anilines is 3. The molecule has 0 saturated heterocycles. The summed E-state index contributed by atoms with van der Waals surface area (Å²) in [5.41, 5.74) is 8.00. The van der Waals surface area contributed by atoms with Crippen LogP contribution in [0, 0.1) is 0 Å². The Balaban J connectivity index is 2.45. The van der Waals surface area contributed by atoms with Gasteiger partial charge in [-0.15, -0.1) is 0 Å². The quantitative estimate of drug-likeness (QED) is 0.639. The van der Waals surface area contributed by atoms with Gasteiger partial charge in [0.15, 0.2) is 0 Å². The number of rotatable bonds is 3. The van der Waals surface area contributed by atoms with E-state index in [0.29, 0.717) is 22.0 Å². The Bertz CT molecular complexity index is 662. The van der Waals surface area contributed by atoms with Crippen LogP contribution in [0.15, 0.2) is 40.9 Å². The van der Waals surface area contributed by atoms with Crippen molar-refractivity contribution in [3.05, 3.63) is 51.5 Å². The normalized spacial score (nSPS) is 10.2. The number of nitrogens with one attached hydrogen (secondary N) is 1. The summed E-state index contributed by atoms with van der Waals surface area (Å²) in [6.07, 6.45) is 0. The number of carbonyl (C=O) groups excluding carboxylic acids is 1. The number of carbonyl (C=O) groups is 1. The van der Waals surface area contributed by atoms with Crippen LogP contribution in [0.4, 0.5) is 17.1 Å². The Kier molecular flexibility index (Phi) is 4.52. The average molecular weight is 356 g/mol. The van der Waals surface area contributed by atoms with Crippen LogP contribution in [-0.4, -0.2) is 13.1 Å². The van der Waals surface area contributed by atoms with Gasteiger partial charge in [0.05, 0.1) is 29.7 Å². The summed E-state index contributed by atoms with van der Waals surface area (Å²) < 4.78 is 5.52.